The highest BCUT2D eigenvalue weighted by atomic mass is 35.5. The van der Waals surface area contributed by atoms with Gasteiger partial charge in [0.1, 0.15) is 16.0 Å². The zero-order chi connectivity index (χ0) is 39.5. The van der Waals surface area contributed by atoms with Crippen LogP contribution in [0, 0.1) is 13.8 Å². The number of halogens is 1. The monoisotopic (exact) mass is 783 g/mol. The highest BCUT2D eigenvalue weighted by molar-refractivity contribution is 7.25. The van der Waals surface area contributed by atoms with Gasteiger partial charge in [0, 0.05) is 32.1 Å². The summed E-state index contributed by atoms with van der Waals surface area (Å²) in [6, 6.07) is 56.7. The molecule has 0 saturated carbocycles. The van der Waals surface area contributed by atoms with Gasteiger partial charge in [0.2, 0.25) is 0 Å². The van der Waals surface area contributed by atoms with Crippen molar-refractivity contribution in [3.63, 3.8) is 0 Å². The zero-order valence-electron chi connectivity index (χ0n) is 32.4. The number of aromatic nitrogens is 3. The SMILES string of the molecule is C=CC.Cc1ccc2ccccc2c1-c1c(C)c2c(c3ccccc13)c1ccccc1n2-c1ccc(-c2ccc(-c3nc4sc5ccccc5c4nc3Cl)cc2)cc1. The Morgan fingerprint density at radius 1 is 0.586 bits per heavy atom. The molecule has 0 atom stereocenters. The summed E-state index contributed by atoms with van der Waals surface area (Å²) in [4.78, 5) is 10.6. The Balaban J connectivity index is 0.00000132. The van der Waals surface area contributed by atoms with Gasteiger partial charge in [0.25, 0.3) is 0 Å². The molecule has 0 saturated heterocycles. The van der Waals surface area contributed by atoms with Crippen molar-refractivity contribution in [2.45, 2.75) is 20.8 Å². The molecule has 3 aromatic heterocycles. The van der Waals surface area contributed by atoms with Crippen LogP contribution in [-0.2, 0) is 0 Å². The first-order valence-corrected chi connectivity index (χ1v) is 20.7. The van der Waals surface area contributed by atoms with Gasteiger partial charge in [-0.1, -0.05) is 151 Å². The first kappa shape index (κ1) is 35.8. The molecular weight excluding hydrogens is 746 g/mol. The largest absolute Gasteiger partial charge is 0.309 e. The van der Waals surface area contributed by atoms with Crippen molar-refractivity contribution in [1.29, 1.82) is 0 Å². The fraction of sp³-hybridized carbons (Fsp3) is 0.0566. The number of benzene rings is 8. The van der Waals surface area contributed by atoms with Crippen molar-refractivity contribution in [3.05, 3.63) is 187 Å². The van der Waals surface area contributed by atoms with Crippen molar-refractivity contribution >= 4 is 86.7 Å². The average Bonchev–Trinajstić information content (AvgIpc) is 3.80. The van der Waals surface area contributed by atoms with E-state index in [4.69, 9.17) is 21.6 Å². The number of thiophene rings is 1. The number of aryl methyl sites for hydroxylation is 2. The van der Waals surface area contributed by atoms with Crippen molar-refractivity contribution in [1.82, 2.24) is 14.5 Å². The van der Waals surface area contributed by atoms with Crippen LogP contribution >= 0.6 is 22.9 Å². The summed E-state index contributed by atoms with van der Waals surface area (Å²) in [7, 11) is 0. The van der Waals surface area contributed by atoms with Gasteiger partial charge in [-0.05, 0) is 100.0 Å². The smallest absolute Gasteiger partial charge is 0.156 e. The summed E-state index contributed by atoms with van der Waals surface area (Å²) in [6.45, 7) is 9.80. The van der Waals surface area contributed by atoms with Gasteiger partial charge in [0.05, 0.1) is 11.0 Å². The fourth-order valence-corrected chi connectivity index (χ4v) is 9.97. The molecule has 3 nitrogen and oxygen atoms in total. The molecule has 0 radical (unpaired) electrons. The fourth-order valence-electron chi connectivity index (χ4n) is 8.72. The van der Waals surface area contributed by atoms with Crippen LogP contribution in [0.4, 0.5) is 0 Å². The van der Waals surface area contributed by atoms with E-state index in [0.29, 0.717) is 10.8 Å². The Hall–Kier alpha value is -6.59. The number of allylic oxidation sites excluding steroid dienone is 1. The third kappa shape index (κ3) is 5.71. The molecule has 11 aromatic rings. The molecule has 278 valence electrons. The standard InChI is InChI=1S/C50H32ClN3S.C3H6/c1-29-19-20-33-11-3-4-12-36(33)43(29)44-30(2)48-45(38-14-6-5-13-37(38)44)39-15-7-9-17-41(39)54(48)35-27-25-32(26-28-35)31-21-23-34(24-22-31)46-49(51)52-47-40-16-8-10-18-42(40)55-50(47)53-46;1-3-2/h3-28H,1-2H3;3H,1H2,2H3. The second-order valence-electron chi connectivity index (χ2n) is 14.7. The van der Waals surface area contributed by atoms with Crippen LogP contribution in [0.3, 0.4) is 0 Å². The summed E-state index contributed by atoms with van der Waals surface area (Å²) in [5.41, 5.74) is 13.5. The number of rotatable bonds is 4. The molecule has 0 aliphatic heterocycles. The summed E-state index contributed by atoms with van der Waals surface area (Å²) in [5, 5.41) is 9.15. The van der Waals surface area contributed by atoms with Crippen molar-refractivity contribution < 1.29 is 0 Å². The molecule has 5 heteroatoms. The Kier molecular flexibility index (Phi) is 8.89. The topological polar surface area (TPSA) is 30.7 Å². The Labute approximate surface area is 346 Å². The third-order valence-electron chi connectivity index (χ3n) is 11.2. The lowest BCUT2D eigenvalue weighted by atomic mass is 9.86. The van der Waals surface area contributed by atoms with Gasteiger partial charge >= 0.3 is 0 Å². The van der Waals surface area contributed by atoms with E-state index in [0.717, 1.165) is 42.8 Å². The molecule has 0 aliphatic carbocycles. The maximum Gasteiger partial charge on any atom is 0.156 e. The predicted molar refractivity (Wildman–Crippen MR) is 251 cm³/mol. The maximum absolute atomic E-state index is 6.75. The van der Waals surface area contributed by atoms with Gasteiger partial charge < -0.3 is 4.57 Å². The van der Waals surface area contributed by atoms with Gasteiger partial charge in [0.15, 0.2) is 5.15 Å². The van der Waals surface area contributed by atoms with Crippen LogP contribution in [-0.4, -0.2) is 14.5 Å². The minimum absolute atomic E-state index is 0.418. The molecule has 3 heterocycles. The number of nitrogens with zero attached hydrogens (tertiary/aromatic N) is 3. The summed E-state index contributed by atoms with van der Waals surface area (Å²) in [5.74, 6) is 0. The Bertz CT molecular complexity index is 3390. The summed E-state index contributed by atoms with van der Waals surface area (Å²) < 4.78 is 3.63. The molecule has 0 bridgehead atoms. The highest BCUT2D eigenvalue weighted by Crippen LogP contribution is 2.46. The van der Waals surface area contributed by atoms with Crippen LogP contribution in [0.5, 0.6) is 0 Å². The van der Waals surface area contributed by atoms with Crippen LogP contribution in [0.2, 0.25) is 5.15 Å². The predicted octanol–water partition coefficient (Wildman–Crippen LogP) is 15.7. The van der Waals surface area contributed by atoms with E-state index in [1.165, 1.54) is 65.6 Å². The van der Waals surface area contributed by atoms with E-state index in [1.54, 1.807) is 17.4 Å². The van der Waals surface area contributed by atoms with Gasteiger partial charge in [-0.15, -0.1) is 17.9 Å². The third-order valence-corrected chi connectivity index (χ3v) is 12.6. The number of fused-ring (bicyclic) bond motifs is 9. The quantitative estimate of drug-likeness (QED) is 0.166. The molecule has 8 aromatic carbocycles. The number of hydrogen-bond donors (Lipinski definition) is 0. The first-order valence-electron chi connectivity index (χ1n) is 19.5. The van der Waals surface area contributed by atoms with E-state index in [9.17, 15) is 0 Å². The highest BCUT2D eigenvalue weighted by Gasteiger charge is 2.23. The second kappa shape index (κ2) is 14.4. The van der Waals surface area contributed by atoms with E-state index in [2.05, 4.69) is 171 Å². The molecule has 0 amide bonds. The van der Waals surface area contributed by atoms with Crippen LogP contribution in [0.1, 0.15) is 18.1 Å². The lowest BCUT2D eigenvalue weighted by molar-refractivity contribution is 1.17. The van der Waals surface area contributed by atoms with Gasteiger partial charge in [-0.3, -0.25) is 0 Å². The molecule has 0 aliphatic rings. The van der Waals surface area contributed by atoms with Crippen molar-refractivity contribution in [2.75, 3.05) is 0 Å². The van der Waals surface area contributed by atoms with Crippen molar-refractivity contribution in [3.8, 4) is 39.2 Å². The van der Waals surface area contributed by atoms with Crippen LogP contribution < -0.4 is 0 Å². The summed E-state index contributed by atoms with van der Waals surface area (Å²) >= 11 is 8.40. The first-order chi connectivity index (χ1) is 28.4. The molecular formula is C53H38ClN3S. The van der Waals surface area contributed by atoms with Crippen LogP contribution in [0.15, 0.2) is 170 Å². The van der Waals surface area contributed by atoms with E-state index < -0.39 is 0 Å². The molecule has 0 unspecified atom stereocenters. The molecule has 58 heavy (non-hydrogen) atoms. The minimum atomic E-state index is 0.418. The Morgan fingerprint density at radius 3 is 1.91 bits per heavy atom. The van der Waals surface area contributed by atoms with Crippen LogP contribution in [0.25, 0.3) is 103 Å². The van der Waals surface area contributed by atoms with E-state index in [1.807, 2.05) is 19.1 Å². The second-order valence-corrected chi connectivity index (χ2v) is 16.1. The lowest BCUT2D eigenvalue weighted by Crippen LogP contribution is -1.98. The summed E-state index contributed by atoms with van der Waals surface area (Å²) in [6.07, 6.45) is 1.75. The van der Waals surface area contributed by atoms with Gasteiger partial charge in [-0.2, -0.15) is 0 Å². The number of para-hydroxylation sites is 1. The maximum atomic E-state index is 6.75. The van der Waals surface area contributed by atoms with Gasteiger partial charge in [-0.25, -0.2) is 9.97 Å². The molecule has 11 rings (SSSR count). The van der Waals surface area contributed by atoms with E-state index >= 15 is 0 Å². The zero-order valence-corrected chi connectivity index (χ0v) is 34.0. The molecule has 0 spiro atoms. The molecule has 0 fully saturated rings. The van der Waals surface area contributed by atoms with E-state index in [-0.39, 0.29) is 0 Å². The number of hydrogen-bond acceptors (Lipinski definition) is 3. The lowest BCUT2D eigenvalue weighted by Gasteiger charge is -2.19. The average molecular weight is 784 g/mol. The minimum Gasteiger partial charge on any atom is -0.309 e. The normalized spacial score (nSPS) is 11.5. The van der Waals surface area contributed by atoms with Crippen molar-refractivity contribution in [2.24, 2.45) is 0 Å². The molecule has 0 N–H and O–H groups in total. The Morgan fingerprint density at radius 2 is 1.17 bits per heavy atom.